The van der Waals surface area contributed by atoms with Crippen molar-refractivity contribution >= 4 is 44.1 Å². The monoisotopic (exact) mass is 473 g/mol. The summed E-state index contributed by atoms with van der Waals surface area (Å²) in [5.41, 5.74) is 1.61. The highest BCUT2D eigenvalue weighted by Crippen LogP contribution is 2.29. The molecule has 5 rings (SSSR count). The van der Waals surface area contributed by atoms with Gasteiger partial charge in [-0.25, -0.2) is 9.78 Å². The third kappa shape index (κ3) is 3.75. The van der Waals surface area contributed by atoms with Gasteiger partial charge in [-0.3, -0.25) is 9.59 Å². The predicted octanol–water partition coefficient (Wildman–Crippen LogP) is 4.64. The fourth-order valence-electron chi connectivity index (χ4n) is 3.78. The number of carbonyl (C=O) groups excluding carboxylic acids is 1. The molecule has 3 aromatic heterocycles. The number of H-pyrrole nitrogens is 1. The van der Waals surface area contributed by atoms with Crippen LogP contribution in [-0.4, -0.2) is 23.0 Å². The number of aromatic amines is 1. The van der Waals surface area contributed by atoms with E-state index >= 15 is 0 Å². The lowest BCUT2D eigenvalue weighted by Gasteiger charge is -2.05. The molecule has 0 saturated carbocycles. The number of nitrogens with zero attached hydrogens (tertiary/aromatic N) is 1. The normalized spacial score (nSPS) is 11.1. The van der Waals surface area contributed by atoms with Crippen molar-refractivity contribution in [1.29, 1.82) is 0 Å². The topological polar surface area (TPSA) is 114 Å². The summed E-state index contributed by atoms with van der Waals surface area (Å²) < 4.78 is 10.6. The number of anilines is 1. The minimum atomic E-state index is -0.644. The number of carbonyl (C=O) groups is 1. The SMILES string of the molecule is COc1ccc2cc(-c3nc4sc(C(=O)Nc5cccc(C)c5)c(C)c4c(=O)[nH]3)c(=O)oc2c1. The number of fused-ring (bicyclic) bond motifs is 2. The summed E-state index contributed by atoms with van der Waals surface area (Å²) in [6.07, 6.45) is 0. The number of aromatic nitrogens is 2. The van der Waals surface area contributed by atoms with Gasteiger partial charge in [0.05, 0.1) is 17.4 Å². The van der Waals surface area contributed by atoms with Gasteiger partial charge in [0, 0.05) is 17.1 Å². The smallest absolute Gasteiger partial charge is 0.347 e. The van der Waals surface area contributed by atoms with Gasteiger partial charge in [-0.15, -0.1) is 11.3 Å². The number of hydrogen-bond acceptors (Lipinski definition) is 7. The first kappa shape index (κ1) is 21.6. The second-order valence-electron chi connectivity index (χ2n) is 7.83. The molecule has 0 fully saturated rings. The minimum Gasteiger partial charge on any atom is -0.497 e. The average Bonchev–Trinajstić information content (AvgIpc) is 3.15. The van der Waals surface area contributed by atoms with Crippen LogP contribution in [0.25, 0.3) is 32.6 Å². The van der Waals surface area contributed by atoms with Gasteiger partial charge in [-0.05, 0) is 55.3 Å². The number of amides is 1. The molecule has 0 aliphatic carbocycles. The Morgan fingerprint density at radius 2 is 1.94 bits per heavy atom. The first-order chi connectivity index (χ1) is 16.3. The Balaban J connectivity index is 1.58. The van der Waals surface area contributed by atoms with Gasteiger partial charge in [-0.2, -0.15) is 0 Å². The second-order valence-corrected chi connectivity index (χ2v) is 8.82. The lowest BCUT2D eigenvalue weighted by molar-refractivity contribution is 0.103. The van der Waals surface area contributed by atoms with Gasteiger partial charge in [0.1, 0.15) is 27.6 Å². The zero-order valence-electron chi connectivity index (χ0n) is 18.5. The van der Waals surface area contributed by atoms with E-state index in [9.17, 15) is 14.4 Å². The summed E-state index contributed by atoms with van der Waals surface area (Å²) in [5.74, 6) is 0.309. The zero-order chi connectivity index (χ0) is 24.0. The maximum atomic E-state index is 12.9. The van der Waals surface area contributed by atoms with Crippen molar-refractivity contribution in [3.8, 4) is 17.1 Å². The summed E-state index contributed by atoms with van der Waals surface area (Å²) >= 11 is 1.10. The summed E-state index contributed by atoms with van der Waals surface area (Å²) in [7, 11) is 1.52. The lowest BCUT2D eigenvalue weighted by atomic mass is 10.1. The Labute approximate surface area is 196 Å². The standard InChI is InChI=1S/C25H19N3O5S/c1-12-5-4-6-15(9-12)26-23(30)20-13(2)19-22(29)27-21(28-24(19)34-20)17-10-14-7-8-16(32-3)11-18(14)33-25(17)31/h4-11H,1-3H3,(H,26,30)(H,27,28,29). The first-order valence-corrected chi connectivity index (χ1v) is 11.2. The number of methoxy groups -OCH3 is 1. The van der Waals surface area contributed by atoms with Crippen LogP contribution < -0.4 is 21.2 Å². The number of hydrogen-bond donors (Lipinski definition) is 2. The molecule has 2 N–H and O–H groups in total. The summed E-state index contributed by atoms with van der Waals surface area (Å²) in [6.45, 7) is 3.64. The van der Waals surface area contributed by atoms with Crippen molar-refractivity contribution in [3.63, 3.8) is 0 Å². The van der Waals surface area contributed by atoms with E-state index in [1.54, 1.807) is 37.3 Å². The Bertz CT molecular complexity index is 1710. The molecule has 0 spiro atoms. The molecule has 2 aromatic carbocycles. The van der Waals surface area contributed by atoms with Crippen molar-refractivity contribution < 1.29 is 13.9 Å². The van der Waals surface area contributed by atoms with Crippen LogP contribution in [0.15, 0.2) is 62.5 Å². The van der Waals surface area contributed by atoms with E-state index in [4.69, 9.17) is 9.15 Å². The number of aryl methyl sites for hydroxylation is 2. The molecule has 170 valence electrons. The van der Waals surface area contributed by atoms with Gasteiger partial charge in [-0.1, -0.05) is 12.1 Å². The third-order valence-electron chi connectivity index (χ3n) is 5.48. The number of rotatable bonds is 4. The van der Waals surface area contributed by atoms with Crippen molar-refractivity contribution in [2.45, 2.75) is 13.8 Å². The van der Waals surface area contributed by atoms with Crippen molar-refractivity contribution in [2.24, 2.45) is 0 Å². The fraction of sp³-hybridized carbons (Fsp3) is 0.120. The average molecular weight is 474 g/mol. The molecule has 0 atom stereocenters. The van der Waals surface area contributed by atoms with E-state index in [2.05, 4.69) is 15.3 Å². The molecule has 34 heavy (non-hydrogen) atoms. The van der Waals surface area contributed by atoms with Crippen LogP contribution in [0, 0.1) is 13.8 Å². The Hall–Kier alpha value is -4.24. The third-order valence-corrected chi connectivity index (χ3v) is 6.67. The highest BCUT2D eigenvalue weighted by atomic mass is 32.1. The lowest BCUT2D eigenvalue weighted by Crippen LogP contribution is -2.14. The summed E-state index contributed by atoms with van der Waals surface area (Å²) in [4.78, 5) is 46.4. The second kappa shape index (κ2) is 8.27. The van der Waals surface area contributed by atoms with Gasteiger partial charge in [0.2, 0.25) is 0 Å². The summed E-state index contributed by atoms with van der Waals surface area (Å²) in [5, 5.41) is 3.83. The van der Waals surface area contributed by atoms with E-state index in [1.165, 1.54) is 7.11 Å². The largest absolute Gasteiger partial charge is 0.497 e. The Morgan fingerprint density at radius 3 is 2.71 bits per heavy atom. The highest BCUT2D eigenvalue weighted by Gasteiger charge is 2.21. The Kier molecular flexibility index (Phi) is 5.25. The van der Waals surface area contributed by atoms with Crippen LogP contribution >= 0.6 is 11.3 Å². The van der Waals surface area contributed by atoms with Gasteiger partial charge in [0.15, 0.2) is 0 Å². The molecule has 0 aliphatic rings. The van der Waals surface area contributed by atoms with E-state index in [1.807, 2.05) is 25.1 Å². The predicted molar refractivity (Wildman–Crippen MR) is 132 cm³/mol. The van der Waals surface area contributed by atoms with Crippen LogP contribution in [0.2, 0.25) is 0 Å². The summed E-state index contributed by atoms with van der Waals surface area (Å²) in [6, 6.07) is 14.2. The molecular formula is C25H19N3O5S. The van der Waals surface area contributed by atoms with Gasteiger partial charge >= 0.3 is 5.63 Å². The van der Waals surface area contributed by atoms with E-state index < -0.39 is 11.2 Å². The van der Waals surface area contributed by atoms with Crippen LogP contribution in [0.3, 0.4) is 0 Å². The molecule has 8 nitrogen and oxygen atoms in total. The molecule has 1 amide bonds. The van der Waals surface area contributed by atoms with Crippen LogP contribution in [-0.2, 0) is 0 Å². The molecule has 5 aromatic rings. The first-order valence-electron chi connectivity index (χ1n) is 10.4. The minimum absolute atomic E-state index is 0.0795. The molecule has 0 bridgehead atoms. The van der Waals surface area contributed by atoms with Gasteiger partial charge in [0.25, 0.3) is 11.5 Å². The Morgan fingerprint density at radius 1 is 1.12 bits per heavy atom. The maximum Gasteiger partial charge on any atom is 0.347 e. The number of ether oxygens (including phenoxy) is 1. The van der Waals surface area contributed by atoms with Crippen LogP contribution in [0.1, 0.15) is 20.8 Å². The van der Waals surface area contributed by atoms with E-state index in [-0.39, 0.29) is 17.3 Å². The molecule has 3 heterocycles. The molecule has 9 heteroatoms. The quantitative estimate of drug-likeness (QED) is 0.368. The molecule has 0 radical (unpaired) electrons. The van der Waals surface area contributed by atoms with E-state index in [0.717, 1.165) is 16.9 Å². The zero-order valence-corrected chi connectivity index (χ0v) is 19.3. The maximum absolute atomic E-state index is 12.9. The molecular weight excluding hydrogens is 454 g/mol. The molecule has 0 unspecified atom stereocenters. The van der Waals surface area contributed by atoms with Crippen LogP contribution in [0.5, 0.6) is 5.75 Å². The fourth-order valence-corrected chi connectivity index (χ4v) is 4.86. The van der Waals surface area contributed by atoms with Crippen LogP contribution in [0.4, 0.5) is 5.69 Å². The van der Waals surface area contributed by atoms with E-state index in [0.29, 0.717) is 43.1 Å². The van der Waals surface area contributed by atoms with Crippen molar-refractivity contribution in [3.05, 3.63) is 85.3 Å². The van der Waals surface area contributed by atoms with Crippen molar-refractivity contribution in [2.75, 3.05) is 12.4 Å². The molecule has 0 aliphatic heterocycles. The highest BCUT2D eigenvalue weighted by molar-refractivity contribution is 7.20. The van der Waals surface area contributed by atoms with Crippen molar-refractivity contribution in [1.82, 2.24) is 9.97 Å². The number of benzene rings is 2. The molecule has 0 saturated heterocycles. The number of nitrogens with one attached hydrogen (secondary N) is 2. The number of thiophene rings is 1. The van der Waals surface area contributed by atoms with Gasteiger partial charge < -0.3 is 19.5 Å².